The minimum absolute atomic E-state index is 0.0574. The van der Waals surface area contributed by atoms with Gasteiger partial charge in [-0.2, -0.15) is 5.26 Å². The summed E-state index contributed by atoms with van der Waals surface area (Å²) in [5.41, 5.74) is -0.262. The molecule has 2 aromatic carbocycles. The molecule has 2 aliphatic heterocycles. The molecule has 0 unspecified atom stereocenters. The lowest BCUT2D eigenvalue weighted by molar-refractivity contribution is -0.161. The van der Waals surface area contributed by atoms with Crippen molar-refractivity contribution in [3.05, 3.63) is 66.4 Å². The van der Waals surface area contributed by atoms with Gasteiger partial charge in [0, 0.05) is 30.6 Å². The van der Waals surface area contributed by atoms with Crippen LogP contribution in [0.4, 0.5) is 0 Å². The number of thiol groups is 1. The minimum Gasteiger partial charge on any atom is -0.331 e. The molecule has 36 heavy (non-hydrogen) atoms. The quantitative estimate of drug-likeness (QED) is 0.399. The Bertz CT molecular complexity index is 1550. The van der Waals surface area contributed by atoms with Crippen LogP contribution in [-0.2, 0) is 19.6 Å². The van der Waals surface area contributed by atoms with Gasteiger partial charge < -0.3 is 9.80 Å². The van der Waals surface area contributed by atoms with Crippen molar-refractivity contribution in [2.75, 3.05) is 7.05 Å². The molecule has 186 valence electrons. The van der Waals surface area contributed by atoms with Crippen molar-refractivity contribution in [3.8, 4) is 6.07 Å². The first-order valence-electron chi connectivity index (χ1n) is 11.3. The van der Waals surface area contributed by atoms with E-state index in [9.17, 15) is 23.3 Å². The summed E-state index contributed by atoms with van der Waals surface area (Å²) in [5.74, 6) is -0.621. The number of nitriles is 1. The molecule has 0 spiro atoms. The number of benzene rings is 2. The monoisotopic (exact) mass is 540 g/mol. The van der Waals surface area contributed by atoms with Crippen molar-refractivity contribution in [2.24, 2.45) is 5.41 Å². The summed E-state index contributed by atoms with van der Waals surface area (Å²) in [6.07, 6.45) is 1.55. The van der Waals surface area contributed by atoms with Crippen LogP contribution >= 0.6 is 22.5 Å². The predicted molar refractivity (Wildman–Crippen MR) is 140 cm³/mol. The normalized spacial score (nSPS) is 28.4. The van der Waals surface area contributed by atoms with E-state index < -0.39 is 32.4 Å². The highest BCUT2D eigenvalue weighted by Crippen LogP contribution is 2.61. The number of nitrogens with zero attached hydrogens (tertiary/aromatic N) is 4. The molecule has 3 heterocycles. The Labute approximate surface area is 218 Å². The molecule has 2 aliphatic rings. The van der Waals surface area contributed by atoms with Gasteiger partial charge in [-0.15, -0.1) is 11.7 Å². The van der Waals surface area contributed by atoms with Crippen LogP contribution in [0, 0.1) is 16.7 Å². The van der Waals surface area contributed by atoms with E-state index in [0.29, 0.717) is 16.5 Å². The number of carbonyl (C=O) groups excluding carboxylic acids is 2. The Hall–Kier alpha value is -2.94. The summed E-state index contributed by atoms with van der Waals surface area (Å²) >= 11 is 4.41. The van der Waals surface area contributed by atoms with Gasteiger partial charge in [0.2, 0.25) is 5.91 Å². The summed E-state index contributed by atoms with van der Waals surface area (Å²) in [7, 11) is -1.46. The van der Waals surface area contributed by atoms with Crippen LogP contribution in [0.25, 0.3) is 10.9 Å². The Balaban J connectivity index is 1.80. The molecular weight excluding hydrogens is 517 g/mol. The Kier molecular flexibility index (Phi) is 5.70. The summed E-state index contributed by atoms with van der Waals surface area (Å²) in [6.45, 7) is 3.36. The third-order valence-corrected chi connectivity index (χ3v) is 10.8. The van der Waals surface area contributed by atoms with Crippen LogP contribution in [0.5, 0.6) is 0 Å². The maximum Gasteiger partial charge on any atom is 0.268 e. The van der Waals surface area contributed by atoms with Gasteiger partial charge in [-0.1, -0.05) is 47.2 Å². The van der Waals surface area contributed by atoms with Gasteiger partial charge in [0.15, 0.2) is 4.87 Å². The molecule has 0 radical (unpaired) electrons. The molecule has 1 aromatic heterocycles. The maximum atomic E-state index is 13.7. The Morgan fingerprint density at radius 2 is 1.75 bits per heavy atom. The fourth-order valence-corrected chi connectivity index (χ4v) is 8.43. The van der Waals surface area contributed by atoms with Crippen molar-refractivity contribution >= 4 is 55.2 Å². The van der Waals surface area contributed by atoms with Crippen molar-refractivity contribution in [1.29, 1.82) is 5.26 Å². The zero-order valence-corrected chi connectivity index (χ0v) is 22.3. The van der Waals surface area contributed by atoms with Gasteiger partial charge in [-0.3, -0.25) is 9.59 Å². The average molecular weight is 541 g/mol. The first-order valence-corrected chi connectivity index (χ1v) is 14.6. The molecule has 2 saturated heterocycles. The molecule has 4 atom stereocenters. The predicted octanol–water partition coefficient (Wildman–Crippen LogP) is 3.82. The largest absolute Gasteiger partial charge is 0.331 e. The minimum atomic E-state index is -3.98. The fraction of sp³-hybridized carbons (Fsp3) is 0.320. The number of aromatic nitrogens is 1. The summed E-state index contributed by atoms with van der Waals surface area (Å²) in [6, 6.07) is 15.8. The highest BCUT2D eigenvalue weighted by atomic mass is 33.1. The van der Waals surface area contributed by atoms with Crippen LogP contribution in [0.15, 0.2) is 65.7 Å². The smallest absolute Gasteiger partial charge is 0.268 e. The van der Waals surface area contributed by atoms with Crippen LogP contribution in [-0.4, -0.2) is 52.0 Å². The topological polar surface area (TPSA) is 103 Å². The third-order valence-electron chi connectivity index (χ3n) is 7.40. The molecule has 0 N–H and O–H groups in total. The van der Waals surface area contributed by atoms with Crippen LogP contribution in [0.1, 0.15) is 31.9 Å². The van der Waals surface area contributed by atoms with Gasteiger partial charge in [-0.05, 0) is 32.0 Å². The molecule has 0 aliphatic carbocycles. The highest BCUT2D eigenvalue weighted by Gasteiger charge is 2.68. The molecule has 3 aromatic rings. The van der Waals surface area contributed by atoms with Crippen LogP contribution in [0.2, 0.25) is 0 Å². The number of para-hydroxylation sites is 1. The van der Waals surface area contributed by atoms with E-state index in [1.54, 1.807) is 63.4 Å². The number of hydrogen-bond donors (Lipinski definition) is 1. The average Bonchev–Trinajstić information content (AvgIpc) is 3.41. The van der Waals surface area contributed by atoms with E-state index in [4.69, 9.17) is 0 Å². The molecule has 11 heteroatoms. The second-order valence-electron chi connectivity index (χ2n) is 9.50. The fourth-order valence-electron chi connectivity index (χ4n) is 5.47. The third kappa shape index (κ3) is 3.17. The molecule has 8 nitrogen and oxygen atoms in total. The lowest BCUT2D eigenvalue weighted by atomic mass is 9.79. The number of hydrogen-bond acceptors (Lipinski definition) is 7. The number of piperazine rings is 1. The zero-order valence-electron chi connectivity index (χ0n) is 19.8. The van der Waals surface area contributed by atoms with Crippen LogP contribution < -0.4 is 0 Å². The first-order chi connectivity index (χ1) is 17.0. The van der Waals surface area contributed by atoms with E-state index in [-0.39, 0.29) is 23.1 Å². The van der Waals surface area contributed by atoms with Crippen molar-refractivity contribution in [3.63, 3.8) is 0 Å². The summed E-state index contributed by atoms with van der Waals surface area (Å²) < 4.78 is 28.5. The Morgan fingerprint density at radius 1 is 1.11 bits per heavy atom. The van der Waals surface area contributed by atoms with Crippen molar-refractivity contribution in [2.45, 2.75) is 42.1 Å². The molecule has 2 fully saturated rings. The van der Waals surface area contributed by atoms with Gasteiger partial charge in [0.1, 0.15) is 6.04 Å². The molecule has 0 bridgehead atoms. The van der Waals surface area contributed by atoms with E-state index in [0.717, 1.165) is 10.8 Å². The van der Waals surface area contributed by atoms with Gasteiger partial charge in [0.05, 0.1) is 27.9 Å². The molecular formula is C25H24N4O4S3. The second kappa shape index (κ2) is 8.30. The van der Waals surface area contributed by atoms with E-state index >= 15 is 0 Å². The lowest BCUT2D eigenvalue weighted by Gasteiger charge is -2.47. The standard InChI is InChI=1S/C25H24N4O4S3/c1-16-22(30)29-21(24(2,15-26)14-25(29,35-34)23(31)27(16)3)19-13-28(20-12-8-7-11-18(19)20)36(32,33)17-9-5-4-6-10-17/h4-13,16,21,34H,14H2,1-3H3/t16-,21+,24-,25+/m1/s1. The Morgan fingerprint density at radius 3 is 2.39 bits per heavy atom. The number of fused-ring (bicyclic) bond motifs is 2. The molecule has 0 saturated carbocycles. The van der Waals surface area contributed by atoms with Crippen molar-refractivity contribution in [1.82, 2.24) is 13.8 Å². The maximum absolute atomic E-state index is 13.7. The molecule has 5 rings (SSSR count). The summed E-state index contributed by atoms with van der Waals surface area (Å²) in [4.78, 5) is 28.9. The number of likely N-dealkylation sites (N-methyl/N-ethyl adjacent to an activating group) is 1. The van der Waals surface area contributed by atoms with Gasteiger partial charge in [0.25, 0.3) is 15.9 Å². The van der Waals surface area contributed by atoms with E-state index in [2.05, 4.69) is 17.7 Å². The second-order valence-corrected chi connectivity index (χ2v) is 12.7. The van der Waals surface area contributed by atoms with E-state index in [1.165, 1.54) is 32.1 Å². The highest BCUT2D eigenvalue weighted by molar-refractivity contribution is 8.69. The lowest BCUT2D eigenvalue weighted by Crippen LogP contribution is -2.66. The van der Waals surface area contributed by atoms with E-state index in [1.807, 2.05) is 0 Å². The first kappa shape index (κ1) is 24.7. The SMILES string of the molecule is C[C@@H]1C(=O)N2[C@@H](c3cn(S(=O)(=O)c4ccccc4)c4ccccc34)[C@@](C)(C#N)C[C@]2(SS)C(=O)N1C. The van der Waals surface area contributed by atoms with Crippen molar-refractivity contribution < 1.29 is 18.0 Å². The number of amides is 2. The van der Waals surface area contributed by atoms with Gasteiger partial charge >= 0.3 is 0 Å². The number of carbonyl (C=O) groups is 2. The van der Waals surface area contributed by atoms with Crippen LogP contribution in [0.3, 0.4) is 0 Å². The van der Waals surface area contributed by atoms with Gasteiger partial charge in [-0.25, -0.2) is 12.4 Å². The number of rotatable bonds is 4. The summed E-state index contributed by atoms with van der Waals surface area (Å²) in [5, 5.41) is 11.0. The molecule has 2 amide bonds. The zero-order chi connectivity index (χ0) is 26.0.